The molecule has 2 aromatic heterocycles. The molecule has 2 aliphatic rings. The molecular formula is C27H33F3N6O. The lowest BCUT2D eigenvalue weighted by molar-refractivity contribution is -0.0298. The minimum absolute atomic E-state index is 0.210. The van der Waals surface area contributed by atoms with E-state index in [-0.39, 0.29) is 17.8 Å². The van der Waals surface area contributed by atoms with E-state index in [1.165, 1.54) is 18.3 Å². The Bertz CT molecular complexity index is 1120. The lowest BCUT2D eigenvalue weighted by Gasteiger charge is -2.36. The zero-order valence-electron chi connectivity index (χ0n) is 21.1. The highest BCUT2D eigenvalue weighted by atomic mass is 19.3. The zero-order valence-corrected chi connectivity index (χ0v) is 21.1. The van der Waals surface area contributed by atoms with E-state index >= 15 is 0 Å². The number of pyridine rings is 1. The van der Waals surface area contributed by atoms with Crippen molar-refractivity contribution in [1.29, 1.82) is 0 Å². The van der Waals surface area contributed by atoms with Gasteiger partial charge in [-0.25, -0.2) is 9.37 Å². The number of anilines is 2. The molecule has 198 valence electrons. The fourth-order valence-corrected chi connectivity index (χ4v) is 4.41. The molecule has 0 aromatic carbocycles. The van der Waals surface area contributed by atoms with Crippen molar-refractivity contribution in [3.05, 3.63) is 72.2 Å². The number of hydrogen-bond acceptors (Lipinski definition) is 7. The van der Waals surface area contributed by atoms with Crippen LogP contribution in [-0.4, -0.2) is 79.0 Å². The van der Waals surface area contributed by atoms with Gasteiger partial charge in [0.1, 0.15) is 5.82 Å². The molecule has 2 aromatic rings. The third-order valence-corrected chi connectivity index (χ3v) is 6.50. The number of piperazine rings is 1. The fourth-order valence-electron chi connectivity index (χ4n) is 4.41. The van der Waals surface area contributed by atoms with Crippen LogP contribution in [0.4, 0.5) is 24.9 Å². The summed E-state index contributed by atoms with van der Waals surface area (Å²) < 4.78 is 46.7. The lowest BCUT2D eigenvalue weighted by Crippen LogP contribution is -2.47. The van der Waals surface area contributed by atoms with Crippen molar-refractivity contribution in [3.63, 3.8) is 0 Å². The van der Waals surface area contributed by atoms with Crippen LogP contribution in [0.1, 0.15) is 23.9 Å². The summed E-state index contributed by atoms with van der Waals surface area (Å²) in [6, 6.07) is 4.64. The molecule has 0 bridgehead atoms. The van der Waals surface area contributed by atoms with Crippen molar-refractivity contribution >= 4 is 17.3 Å². The average Bonchev–Trinajstić information content (AvgIpc) is 2.94. The maximum atomic E-state index is 14.1. The summed E-state index contributed by atoms with van der Waals surface area (Å²) in [5, 5.41) is 0. The molecular weight excluding hydrogens is 481 g/mol. The molecule has 0 saturated carbocycles. The van der Waals surface area contributed by atoms with Crippen LogP contribution in [-0.2, 0) is 17.2 Å². The number of alkyl halides is 3. The van der Waals surface area contributed by atoms with E-state index in [2.05, 4.69) is 26.3 Å². The first-order chi connectivity index (χ1) is 17.9. The molecule has 2 aliphatic heterocycles. The lowest BCUT2D eigenvalue weighted by atomic mass is 10.1. The first-order valence-electron chi connectivity index (χ1n) is 12.5. The third kappa shape index (κ3) is 6.56. The first-order valence-corrected chi connectivity index (χ1v) is 12.5. The van der Waals surface area contributed by atoms with Crippen molar-refractivity contribution in [2.24, 2.45) is 0 Å². The molecule has 0 amide bonds. The molecule has 0 unspecified atom stereocenters. The van der Waals surface area contributed by atoms with Crippen molar-refractivity contribution in [3.8, 4) is 0 Å². The topological polar surface area (TPSA) is 57.6 Å². The van der Waals surface area contributed by atoms with E-state index in [4.69, 9.17) is 14.7 Å². The molecule has 0 aliphatic carbocycles. The Morgan fingerprint density at radius 1 is 1.11 bits per heavy atom. The average molecular weight is 515 g/mol. The normalized spacial score (nSPS) is 18.0. The summed E-state index contributed by atoms with van der Waals surface area (Å²) >= 11 is 0. The molecule has 0 spiro atoms. The standard InChI is InChI=1S/C27H33F3N6O/c1-3-5-7-21(4-2)23-18-25(33-26(32-23)36-14-16-37-17-15-36)35-12-10-34(11-13-35)19-24-22(8-6-9-31-24)27(29,30)20-28/h3-9,18H,2,10-17,19-20H2,1H3/b5-3-,21-7+. The second-order valence-corrected chi connectivity index (χ2v) is 8.96. The van der Waals surface area contributed by atoms with Gasteiger partial charge in [0.25, 0.3) is 0 Å². The second kappa shape index (κ2) is 12.3. The molecule has 37 heavy (non-hydrogen) atoms. The summed E-state index contributed by atoms with van der Waals surface area (Å²) in [6.45, 7) is 9.66. The van der Waals surface area contributed by atoms with E-state index in [1.807, 2.05) is 31.2 Å². The van der Waals surface area contributed by atoms with Gasteiger partial charge < -0.3 is 14.5 Å². The van der Waals surface area contributed by atoms with Crippen LogP contribution >= 0.6 is 0 Å². The molecule has 0 atom stereocenters. The van der Waals surface area contributed by atoms with Gasteiger partial charge in [-0.1, -0.05) is 30.9 Å². The molecule has 4 heterocycles. The Morgan fingerprint density at radius 2 is 1.86 bits per heavy atom. The van der Waals surface area contributed by atoms with Crippen LogP contribution < -0.4 is 9.80 Å². The van der Waals surface area contributed by atoms with Gasteiger partial charge in [0.15, 0.2) is 6.67 Å². The predicted octanol–water partition coefficient (Wildman–Crippen LogP) is 4.24. The highest BCUT2D eigenvalue weighted by Crippen LogP contribution is 2.31. The highest BCUT2D eigenvalue weighted by molar-refractivity contribution is 5.74. The van der Waals surface area contributed by atoms with Crippen molar-refractivity contribution in [2.75, 3.05) is 69.0 Å². The van der Waals surface area contributed by atoms with Crippen LogP contribution in [0, 0.1) is 0 Å². The smallest absolute Gasteiger partial charge is 0.302 e. The summed E-state index contributed by atoms with van der Waals surface area (Å²) in [6.07, 6.45) is 9.12. The van der Waals surface area contributed by atoms with Crippen LogP contribution in [0.3, 0.4) is 0 Å². The molecule has 2 fully saturated rings. The molecule has 7 nitrogen and oxygen atoms in total. The van der Waals surface area contributed by atoms with Gasteiger partial charge in [0, 0.05) is 63.6 Å². The number of allylic oxidation sites excluding steroid dienone is 5. The molecule has 4 rings (SSSR count). The Balaban J connectivity index is 1.53. The number of aromatic nitrogens is 3. The first kappa shape index (κ1) is 26.8. The van der Waals surface area contributed by atoms with Gasteiger partial charge in [-0.3, -0.25) is 9.88 Å². The number of morpholine rings is 1. The Labute approximate surface area is 216 Å². The largest absolute Gasteiger partial charge is 0.378 e. The highest BCUT2D eigenvalue weighted by Gasteiger charge is 2.35. The van der Waals surface area contributed by atoms with Crippen LogP contribution in [0.25, 0.3) is 5.57 Å². The van der Waals surface area contributed by atoms with E-state index in [1.54, 1.807) is 6.08 Å². The minimum Gasteiger partial charge on any atom is -0.378 e. The van der Waals surface area contributed by atoms with Gasteiger partial charge in [0.05, 0.1) is 24.6 Å². The summed E-state index contributed by atoms with van der Waals surface area (Å²) in [4.78, 5) is 20.2. The Morgan fingerprint density at radius 3 is 2.54 bits per heavy atom. The number of ether oxygens (including phenoxy) is 1. The monoisotopic (exact) mass is 514 g/mol. The SMILES string of the molecule is C=C/C(=C\C=C/C)c1cc(N2CCN(Cc3ncccc3C(F)(F)CF)CC2)nc(N2CCOCC2)n1. The van der Waals surface area contributed by atoms with Crippen LogP contribution in [0.2, 0.25) is 0 Å². The summed E-state index contributed by atoms with van der Waals surface area (Å²) in [5.74, 6) is -2.08. The van der Waals surface area contributed by atoms with Crippen molar-refractivity contribution < 1.29 is 17.9 Å². The van der Waals surface area contributed by atoms with Gasteiger partial charge in [-0.2, -0.15) is 13.8 Å². The maximum Gasteiger partial charge on any atom is 0.302 e. The minimum atomic E-state index is -3.54. The van der Waals surface area contributed by atoms with E-state index < -0.39 is 12.6 Å². The molecule has 2 saturated heterocycles. The van der Waals surface area contributed by atoms with E-state index in [0.717, 1.165) is 17.1 Å². The zero-order chi connectivity index (χ0) is 26.3. The quantitative estimate of drug-likeness (QED) is 0.464. The summed E-state index contributed by atoms with van der Waals surface area (Å²) in [7, 11) is 0. The molecule has 10 heteroatoms. The number of nitrogens with zero attached hydrogens (tertiary/aromatic N) is 6. The van der Waals surface area contributed by atoms with Gasteiger partial charge in [-0.15, -0.1) is 0 Å². The van der Waals surface area contributed by atoms with Crippen molar-refractivity contribution in [1.82, 2.24) is 19.9 Å². The van der Waals surface area contributed by atoms with Crippen LogP contribution in [0.15, 0.2) is 55.3 Å². The Hall–Kier alpha value is -3.24. The van der Waals surface area contributed by atoms with Gasteiger partial charge in [-0.05, 0) is 24.6 Å². The van der Waals surface area contributed by atoms with Gasteiger partial charge >= 0.3 is 5.92 Å². The number of rotatable bonds is 9. The van der Waals surface area contributed by atoms with Crippen LogP contribution in [0.5, 0.6) is 0 Å². The number of halogens is 3. The fraction of sp³-hybridized carbons (Fsp3) is 0.444. The molecule has 0 radical (unpaired) electrons. The molecule has 0 N–H and O–H groups in total. The maximum absolute atomic E-state index is 14.1. The number of hydrogen-bond donors (Lipinski definition) is 0. The van der Waals surface area contributed by atoms with E-state index in [0.29, 0.717) is 58.4 Å². The third-order valence-electron chi connectivity index (χ3n) is 6.50. The predicted molar refractivity (Wildman–Crippen MR) is 140 cm³/mol. The second-order valence-electron chi connectivity index (χ2n) is 8.96. The van der Waals surface area contributed by atoms with E-state index in [9.17, 15) is 13.2 Å². The Kier molecular flexibility index (Phi) is 8.94. The summed E-state index contributed by atoms with van der Waals surface area (Å²) in [5.41, 5.74) is 1.54. The van der Waals surface area contributed by atoms with Crippen molar-refractivity contribution in [2.45, 2.75) is 19.4 Å². The van der Waals surface area contributed by atoms with Gasteiger partial charge in [0.2, 0.25) is 5.95 Å².